The van der Waals surface area contributed by atoms with Crippen molar-refractivity contribution in [2.75, 3.05) is 11.5 Å². The van der Waals surface area contributed by atoms with Gasteiger partial charge in [0.15, 0.2) is 5.78 Å². The topological polar surface area (TPSA) is 79.3 Å². The molecule has 0 radical (unpaired) electrons. The van der Waals surface area contributed by atoms with E-state index in [-0.39, 0.29) is 5.78 Å². The number of nitrogens with two attached hydrogens (primary N) is 1. The van der Waals surface area contributed by atoms with Crippen LogP contribution in [0.1, 0.15) is 37.7 Å². The number of allylic oxidation sites excluding steroid dienone is 3. The molecule has 2 aliphatic rings. The van der Waals surface area contributed by atoms with Crippen molar-refractivity contribution in [2.45, 2.75) is 32.1 Å². The molecule has 0 spiro atoms. The van der Waals surface area contributed by atoms with Gasteiger partial charge in [0.05, 0.1) is 24.2 Å². The van der Waals surface area contributed by atoms with Crippen molar-refractivity contribution in [1.82, 2.24) is 0 Å². The molecule has 1 unspecified atom stereocenters. The maximum atomic E-state index is 13.1. The molecule has 0 amide bonds. The molecule has 1 atom stereocenters. The summed E-state index contributed by atoms with van der Waals surface area (Å²) in [5, 5.41) is 10.0. The van der Waals surface area contributed by atoms with Crippen LogP contribution < -0.4 is 15.4 Å². The van der Waals surface area contributed by atoms with Crippen LogP contribution in [0.25, 0.3) is 0 Å². The Morgan fingerprint density at radius 3 is 2.50 bits per heavy atom. The highest BCUT2D eigenvalue weighted by molar-refractivity contribution is 9.10. The Kier molecular flexibility index (Phi) is 5.65. The fourth-order valence-corrected chi connectivity index (χ4v) is 4.49. The number of benzene rings is 2. The summed E-state index contributed by atoms with van der Waals surface area (Å²) < 4.78 is 6.49. The van der Waals surface area contributed by atoms with Crippen molar-refractivity contribution in [3.05, 3.63) is 81.2 Å². The van der Waals surface area contributed by atoms with E-state index in [0.29, 0.717) is 30.0 Å². The van der Waals surface area contributed by atoms with E-state index in [1.54, 1.807) is 0 Å². The molecule has 1 aliphatic carbocycles. The molecule has 30 heavy (non-hydrogen) atoms. The predicted octanol–water partition coefficient (Wildman–Crippen LogP) is 5.15. The molecule has 152 valence electrons. The molecule has 4 rings (SSSR count). The summed E-state index contributed by atoms with van der Waals surface area (Å²) in [7, 11) is 0. The summed E-state index contributed by atoms with van der Waals surface area (Å²) in [6.07, 6.45) is 2.00. The molecule has 0 aromatic heterocycles. The number of ether oxygens (including phenoxy) is 1. The van der Waals surface area contributed by atoms with E-state index < -0.39 is 5.92 Å². The normalized spacial score (nSPS) is 18.9. The summed E-state index contributed by atoms with van der Waals surface area (Å²) >= 11 is 3.46. The summed E-state index contributed by atoms with van der Waals surface area (Å²) in [4.78, 5) is 15.0. The monoisotopic (exact) mass is 463 g/mol. The third-order valence-corrected chi connectivity index (χ3v) is 6.05. The molecule has 2 aromatic rings. The Morgan fingerprint density at radius 2 is 1.87 bits per heavy atom. The highest BCUT2D eigenvalue weighted by atomic mass is 79.9. The average Bonchev–Trinajstić information content (AvgIpc) is 2.75. The number of ketones is 1. The van der Waals surface area contributed by atoms with E-state index in [4.69, 9.17) is 10.5 Å². The van der Waals surface area contributed by atoms with E-state index in [0.717, 1.165) is 40.0 Å². The highest BCUT2D eigenvalue weighted by Crippen LogP contribution is 2.46. The first-order valence-electron chi connectivity index (χ1n) is 9.99. The van der Waals surface area contributed by atoms with Crippen molar-refractivity contribution in [2.24, 2.45) is 5.73 Å². The van der Waals surface area contributed by atoms with E-state index >= 15 is 0 Å². The van der Waals surface area contributed by atoms with Crippen LogP contribution >= 0.6 is 15.9 Å². The van der Waals surface area contributed by atoms with Crippen LogP contribution in [0.2, 0.25) is 0 Å². The van der Waals surface area contributed by atoms with Crippen LogP contribution in [0.15, 0.2) is 75.7 Å². The number of anilines is 1. The Bertz CT molecular complexity index is 1080. The lowest BCUT2D eigenvalue weighted by molar-refractivity contribution is -0.116. The van der Waals surface area contributed by atoms with Gasteiger partial charge in [-0.2, -0.15) is 5.26 Å². The standard InChI is InChI=1S/C24H22BrN3O2/c1-2-30-18-12-6-15(7-13-18)22-19(14-26)24(27)28(17-10-8-16(25)9-11-17)20-4-3-5-21(29)23(20)22/h6-13,22H,2-5,27H2,1H3. The first kappa shape index (κ1) is 20.2. The van der Waals surface area contributed by atoms with Crippen molar-refractivity contribution in [3.8, 4) is 11.8 Å². The van der Waals surface area contributed by atoms with Crippen molar-refractivity contribution < 1.29 is 9.53 Å². The third-order valence-electron chi connectivity index (χ3n) is 5.52. The minimum Gasteiger partial charge on any atom is -0.494 e. The van der Waals surface area contributed by atoms with Crippen LogP contribution in [0.3, 0.4) is 0 Å². The number of nitrogens with zero attached hydrogens (tertiary/aromatic N) is 2. The van der Waals surface area contributed by atoms with Gasteiger partial charge in [0.1, 0.15) is 11.6 Å². The molecular formula is C24H22BrN3O2. The smallest absolute Gasteiger partial charge is 0.161 e. The SMILES string of the molecule is CCOc1ccc(C2C(C#N)=C(N)N(c3ccc(Br)cc3)C3=C2C(=O)CCC3)cc1. The van der Waals surface area contributed by atoms with E-state index in [9.17, 15) is 10.1 Å². The number of nitriles is 1. The fraction of sp³-hybridized carbons (Fsp3) is 0.250. The number of Topliss-reactive ketones (excluding diaryl/α,β-unsaturated/α-hetero) is 1. The number of carbonyl (C=O) groups is 1. The van der Waals surface area contributed by atoms with Gasteiger partial charge in [-0.3, -0.25) is 9.69 Å². The third kappa shape index (κ3) is 3.50. The molecule has 0 bridgehead atoms. The zero-order valence-electron chi connectivity index (χ0n) is 16.7. The second-order valence-electron chi connectivity index (χ2n) is 7.29. The average molecular weight is 464 g/mol. The Hall–Kier alpha value is -3.04. The lowest BCUT2D eigenvalue weighted by atomic mass is 9.75. The minimum atomic E-state index is -0.458. The summed E-state index contributed by atoms with van der Waals surface area (Å²) in [5.41, 5.74) is 10.2. The maximum absolute atomic E-state index is 13.1. The van der Waals surface area contributed by atoms with E-state index in [1.165, 1.54) is 0 Å². The van der Waals surface area contributed by atoms with Gasteiger partial charge in [-0.05, 0) is 61.7 Å². The minimum absolute atomic E-state index is 0.0810. The molecule has 1 heterocycles. The molecule has 2 aromatic carbocycles. The largest absolute Gasteiger partial charge is 0.494 e. The lowest BCUT2D eigenvalue weighted by Crippen LogP contribution is -2.38. The second kappa shape index (κ2) is 8.37. The number of hydrogen-bond acceptors (Lipinski definition) is 5. The lowest BCUT2D eigenvalue weighted by Gasteiger charge is -2.39. The quantitative estimate of drug-likeness (QED) is 0.677. The van der Waals surface area contributed by atoms with Crippen molar-refractivity contribution >= 4 is 27.4 Å². The van der Waals surface area contributed by atoms with Crippen LogP contribution in [0.4, 0.5) is 5.69 Å². The van der Waals surface area contributed by atoms with E-state index in [1.807, 2.05) is 60.4 Å². The number of halogens is 1. The van der Waals surface area contributed by atoms with Crippen LogP contribution in [0, 0.1) is 11.3 Å². The first-order valence-corrected chi connectivity index (χ1v) is 10.8. The highest BCUT2D eigenvalue weighted by Gasteiger charge is 2.40. The van der Waals surface area contributed by atoms with Crippen molar-refractivity contribution in [3.63, 3.8) is 0 Å². The molecular weight excluding hydrogens is 442 g/mol. The molecule has 0 saturated heterocycles. The van der Waals surface area contributed by atoms with Gasteiger partial charge in [0.25, 0.3) is 0 Å². The van der Waals surface area contributed by atoms with Crippen LogP contribution in [-0.2, 0) is 4.79 Å². The maximum Gasteiger partial charge on any atom is 0.161 e. The molecule has 0 fully saturated rings. The van der Waals surface area contributed by atoms with Gasteiger partial charge < -0.3 is 10.5 Å². The summed E-state index contributed by atoms with van der Waals surface area (Å²) in [5.74, 6) is 0.762. The summed E-state index contributed by atoms with van der Waals surface area (Å²) in [6.45, 7) is 2.51. The summed E-state index contributed by atoms with van der Waals surface area (Å²) in [6, 6.07) is 17.6. The first-order chi connectivity index (χ1) is 14.5. The van der Waals surface area contributed by atoms with Gasteiger partial charge in [-0.15, -0.1) is 0 Å². The van der Waals surface area contributed by atoms with Gasteiger partial charge in [-0.1, -0.05) is 28.1 Å². The predicted molar refractivity (Wildman–Crippen MR) is 120 cm³/mol. The van der Waals surface area contributed by atoms with Gasteiger partial charge >= 0.3 is 0 Å². The zero-order chi connectivity index (χ0) is 21.3. The molecule has 1 aliphatic heterocycles. The Balaban J connectivity index is 1.88. The van der Waals surface area contributed by atoms with Crippen LogP contribution in [-0.4, -0.2) is 12.4 Å². The molecule has 6 heteroatoms. The van der Waals surface area contributed by atoms with Gasteiger partial charge in [0, 0.05) is 27.9 Å². The van der Waals surface area contributed by atoms with Crippen molar-refractivity contribution in [1.29, 1.82) is 5.26 Å². The fourth-order valence-electron chi connectivity index (χ4n) is 4.23. The number of rotatable bonds is 4. The van der Waals surface area contributed by atoms with Crippen LogP contribution in [0.5, 0.6) is 5.75 Å². The molecule has 5 nitrogen and oxygen atoms in total. The van der Waals surface area contributed by atoms with Gasteiger partial charge in [0.2, 0.25) is 0 Å². The van der Waals surface area contributed by atoms with E-state index in [2.05, 4.69) is 22.0 Å². The zero-order valence-corrected chi connectivity index (χ0v) is 18.3. The van der Waals surface area contributed by atoms with Gasteiger partial charge in [-0.25, -0.2) is 0 Å². The molecule has 0 saturated carbocycles. The Morgan fingerprint density at radius 1 is 1.17 bits per heavy atom. The number of hydrogen-bond donors (Lipinski definition) is 1. The second-order valence-corrected chi connectivity index (χ2v) is 8.21. The Labute approximate surface area is 184 Å². The molecule has 2 N–H and O–H groups in total. The number of carbonyl (C=O) groups excluding carboxylic acids is 1.